The molecular weight excluding hydrogens is 898 g/mol. The number of aromatic nitrogens is 4. The average molecular weight is 933 g/mol. The van der Waals surface area contributed by atoms with Gasteiger partial charge in [0.15, 0.2) is 0 Å². The number of alkyl halides is 3. The van der Waals surface area contributed by atoms with Crippen LogP contribution in [0.4, 0.5) is 13.2 Å². The van der Waals surface area contributed by atoms with E-state index in [1.54, 1.807) is 12.1 Å². The first kappa shape index (κ1) is 41.2. The lowest BCUT2D eigenvalue weighted by Crippen LogP contribution is -2.12. The second-order valence-electron chi connectivity index (χ2n) is 18.1. The zero-order valence-electron chi connectivity index (χ0n) is 38.0. The minimum absolute atomic E-state index is 0.149. The smallest absolute Gasteiger partial charge is 0.309 e. The van der Waals surface area contributed by atoms with Gasteiger partial charge in [-0.05, 0) is 84.9 Å². The molecule has 0 N–H and O–H groups in total. The Kier molecular flexibility index (Phi) is 8.77. The maximum atomic E-state index is 16.1. The van der Waals surface area contributed by atoms with Crippen LogP contribution in [0.15, 0.2) is 212 Å². The summed E-state index contributed by atoms with van der Waals surface area (Å²) in [6.07, 6.45) is -4.89. The molecule has 0 bridgehead atoms. The number of rotatable bonds is 5. The molecule has 9 heteroatoms. The Hall–Kier alpha value is -9.83. The van der Waals surface area contributed by atoms with E-state index in [0.29, 0.717) is 11.4 Å². The molecule has 72 heavy (non-hydrogen) atoms. The number of hydrogen-bond acceptors (Lipinski definition) is 2. The summed E-state index contributed by atoms with van der Waals surface area (Å²) < 4.78 is 56.7. The first-order chi connectivity index (χ1) is 35.3. The van der Waals surface area contributed by atoms with Crippen LogP contribution in [0.3, 0.4) is 0 Å². The number of fused-ring (bicyclic) bond motifs is 14. The Morgan fingerprint density at radius 1 is 0.347 bits per heavy atom. The summed E-state index contributed by atoms with van der Waals surface area (Å²) in [7, 11) is 0. The first-order valence-electron chi connectivity index (χ1n) is 23.5. The fraction of sp³-hybridized carbons (Fsp3) is 0.0159. The maximum absolute atomic E-state index is 16.1. The van der Waals surface area contributed by atoms with E-state index in [2.05, 4.69) is 94.1 Å². The van der Waals surface area contributed by atoms with Crippen molar-refractivity contribution in [2.75, 3.05) is 0 Å². The molecule has 0 aliphatic heterocycles. The average Bonchev–Trinajstić information content (AvgIpc) is 4.15. The highest BCUT2D eigenvalue weighted by molar-refractivity contribution is 6.28. The normalized spacial score (nSPS) is 12.1. The Labute approximate surface area is 408 Å². The number of halogens is 3. The highest BCUT2D eigenvalue weighted by atomic mass is 19.4. The van der Waals surface area contributed by atoms with Crippen molar-refractivity contribution in [2.45, 2.75) is 6.18 Å². The van der Waals surface area contributed by atoms with Gasteiger partial charge in [-0.15, -0.1) is 0 Å². The molecule has 0 radical (unpaired) electrons. The zero-order chi connectivity index (χ0) is 48.4. The van der Waals surface area contributed by atoms with E-state index < -0.39 is 11.7 Å². The summed E-state index contributed by atoms with van der Waals surface area (Å²) in [6, 6.07) is 72.5. The Morgan fingerprint density at radius 3 is 1.19 bits per heavy atom. The van der Waals surface area contributed by atoms with Gasteiger partial charge < -0.3 is 18.3 Å². The van der Waals surface area contributed by atoms with Crippen LogP contribution in [0.5, 0.6) is 0 Å². The predicted octanol–water partition coefficient (Wildman–Crippen LogP) is 16.5. The number of hydrogen-bond donors (Lipinski definition) is 0. The Morgan fingerprint density at radius 2 is 0.764 bits per heavy atom. The van der Waals surface area contributed by atoms with Gasteiger partial charge in [-0.3, -0.25) is 0 Å². The van der Waals surface area contributed by atoms with Crippen LogP contribution in [0.2, 0.25) is 0 Å². The Balaban J connectivity index is 1.24. The summed E-state index contributed by atoms with van der Waals surface area (Å²) in [5.74, 6) is 0. The van der Waals surface area contributed by atoms with Crippen molar-refractivity contribution in [1.29, 1.82) is 10.5 Å². The lowest BCUT2D eigenvalue weighted by Gasteiger charge is -2.24. The van der Waals surface area contributed by atoms with Crippen molar-refractivity contribution >= 4 is 87.2 Å². The van der Waals surface area contributed by atoms with Crippen molar-refractivity contribution in [3.63, 3.8) is 0 Å². The summed E-state index contributed by atoms with van der Waals surface area (Å²) >= 11 is 0. The van der Waals surface area contributed by atoms with Gasteiger partial charge >= 0.3 is 6.18 Å². The fourth-order valence-corrected chi connectivity index (χ4v) is 11.7. The molecule has 4 heterocycles. The van der Waals surface area contributed by atoms with E-state index >= 15 is 13.2 Å². The standard InChI is InChI=1S/C63H35F3N6/c64-63(65,66)48-25-15-16-39(37-68)57(48)60-55(71-49-26-11-7-21-42(49)44-30-32-53-58(61(44)71)46-23-9-13-28-51(46)69(53)40-17-3-1-4-18-40)34-38(36-67)35-56(60)72-50-27-12-8-22-43(50)45-31-33-54-59(62(45)72)47-24-10-14-29-52(47)70(54)41-19-5-2-6-20-41/h1-35H. The molecular formula is C63H35F3N6. The molecule has 14 rings (SSSR count). The number of para-hydroxylation sites is 6. The van der Waals surface area contributed by atoms with E-state index in [-0.39, 0.29) is 22.3 Å². The fourth-order valence-electron chi connectivity index (χ4n) is 11.7. The summed E-state index contributed by atoms with van der Waals surface area (Å²) in [5, 5.41) is 29.5. The van der Waals surface area contributed by atoms with Crippen LogP contribution in [-0.4, -0.2) is 18.3 Å². The van der Waals surface area contributed by atoms with Crippen molar-refractivity contribution in [3.8, 4) is 46.0 Å². The van der Waals surface area contributed by atoms with E-state index in [9.17, 15) is 10.5 Å². The van der Waals surface area contributed by atoms with Crippen LogP contribution >= 0.6 is 0 Å². The van der Waals surface area contributed by atoms with Crippen molar-refractivity contribution < 1.29 is 13.2 Å². The molecule has 0 aliphatic carbocycles. The molecule has 4 aromatic heterocycles. The molecule has 338 valence electrons. The van der Waals surface area contributed by atoms with Crippen LogP contribution in [0, 0.1) is 22.7 Å². The van der Waals surface area contributed by atoms with E-state index in [1.807, 2.05) is 118 Å². The first-order valence-corrected chi connectivity index (χ1v) is 23.5. The second kappa shape index (κ2) is 15.3. The molecule has 0 atom stereocenters. The topological polar surface area (TPSA) is 67.3 Å². The predicted molar refractivity (Wildman–Crippen MR) is 284 cm³/mol. The Bertz CT molecular complexity index is 4440. The third kappa shape index (κ3) is 5.70. The molecule has 14 aromatic rings. The number of nitrogens with zero attached hydrogens (tertiary/aromatic N) is 6. The molecule has 0 spiro atoms. The largest absolute Gasteiger partial charge is 0.417 e. The van der Waals surface area contributed by atoms with Gasteiger partial charge in [-0.1, -0.05) is 127 Å². The van der Waals surface area contributed by atoms with Crippen LogP contribution in [0.1, 0.15) is 16.7 Å². The third-order valence-electron chi connectivity index (χ3n) is 14.4. The van der Waals surface area contributed by atoms with E-state index in [0.717, 1.165) is 105 Å². The van der Waals surface area contributed by atoms with Gasteiger partial charge in [0, 0.05) is 65.6 Å². The van der Waals surface area contributed by atoms with Crippen LogP contribution in [0.25, 0.3) is 121 Å². The molecule has 0 aliphatic rings. The molecule has 0 amide bonds. The molecule has 0 fully saturated rings. The quantitative estimate of drug-likeness (QED) is 0.173. The zero-order valence-corrected chi connectivity index (χ0v) is 38.0. The van der Waals surface area contributed by atoms with Gasteiger partial charge in [-0.25, -0.2) is 0 Å². The minimum atomic E-state index is -4.89. The van der Waals surface area contributed by atoms with Gasteiger partial charge in [0.2, 0.25) is 0 Å². The van der Waals surface area contributed by atoms with Gasteiger partial charge in [0.1, 0.15) is 0 Å². The minimum Gasteiger partial charge on any atom is -0.309 e. The number of benzene rings is 10. The third-order valence-corrected chi connectivity index (χ3v) is 14.4. The monoisotopic (exact) mass is 932 g/mol. The highest BCUT2D eigenvalue weighted by Gasteiger charge is 2.38. The lowest BCUT2D eigenvalue weighted by molar-refractivity contribution is -0.137. The van der Waals surface area contributed by atoms with Gasteiger partial charge in [0.05, 0.1) is 84.3 Å². The summed E-state index contributed by atoms with van der Waals surface area (Å²) in [5.41, 5.74) is 8.13. The number of nitriles is 2. The molecule has 6 nitrogen and oxygen atoms in total. The summed E-state index contributed by atoms with van der Waals surface area (Å²) in [6.45, 7) is 0. The van der Waals surface area contributed by atoms with Crippen molar-refractivity contribution in [2.24, 2.45) is 0 Å². The van der Waals surface area contributed by atoms with Gasteiger partial charge in [-0.2, -0.15) is 23.7 Å². The SMILES string of the molecule is N#Cc1cc(-n2c3ccccc3c3ccc4c(c5ccccc5n4-c4ccccc4)c32)c(-c2c(C#N)cccc2C(F)(F)F)c(-n2c3ccccc3c3ccc4c(c5ccccc5n4-c4ccccc4)c32)c1. The van der Waals surface area contributed by atoms with Crippen molar-refractivity contribution in [3.05, 3.63) is 229 Å². The summed E-state index contributed by atoms with van der Waals surface area (Å²) in [4.78, 5) is 0. The van der Waals surface area contributed by atoms with Crippen molar-refractivity contribution in [1.82, 2.24) is 18.3 Å². The van der Waals surface area contributed by atoms with Crippen LogP contribution in [-0.2, 0) is 6.18 Å². The van der Waals surface area contributed by atoms with E-state index in [4.69, 9.17) is 0 Å². The lowest BCUT2D eigenvalue weighted by atomic mass is 9.90. The molecule has 0 saturated carbocycles. The molecule has 10 aromatic carbocycles. The molecule has 0 saturated heterocycles. The maximum Gasteiger partial charge on any atom is 0.417 e. The second-order valence-corrected chi connectivity index (χ2v) is 18.1. The van der Waals surface area contributed by atoms with Crippen LogP contribution < -0.4 is 0 Å². The molecule has 0 unspecified atom stereocenters. The van der Waals surface area contributed by atoms with Gasteiger partial charge in [0.25, 0.3) is 0 Å². The van der Waals surface area contributed by atoms with E-state index in [1.165, 1.54) is 12.1 Å². The highest BCUT2D eigenvalue weighted by Crippen LogP contribution is 2.50.